The summed E-state index contributed by atoms with van der Waals surface area (Å²) in [5.74, 6) is -1.00. The van der Waals surface area contributed by atoms with Crippen molar-refractivity contribution in [3.8, 4) is 5.75 Å². The number of amides is 1. The molecule has 1 N–H and O–H groups in total. The van der Waals surface area contributed by atoms with Gasteiger partial charge in [0.05, 0.1) is 12.7 Å². The van der Waals surface area contributed by atoms with Crippen molar-refractivity contribution in [2.75, 3.05) is 33.1 Å². The lowest BCUT2D eigenvalue weighted by molar-refractivity contribution is -0.119. The zero-order chi connectivity index (χ0) is 23.3. The molecular formula is C22H28N2O6S. The summed E-state index contributed by atoms with van der Waals surface area (Å²) in [6.45, 7) is 5.42. The molecular weight excluding hydrogens is 420 g/mol. The van der Waals surface area contributed by atoms with Crippen molar-refractivity contribution in [2.24, 2.45) is 0 Å². The monoisotopic (exact) mass is 448 g/mol. The first-order chi connectivity index (χ1) is 14.5. The molecule has 0 fully saturated rings. The van der Waals surface area contributed by atoms with Crippen LogP contribution in [0.2, 0.25) is 0 Å². The van der Waals surface area contributed by atoms with Crippen molar-refractivity contribution < 1.29 is 27.5 Å². The molecule has 0 aliphatic rings. The molecule has 2 aromatic rings. The Morgan fingerprint density at radius 1 is 1.13 bits per heavy atom. The molecule has 0 heterocycles. The van der Waals surface area contributed by atoms with Crippen LogP contribution in [0.15, 0.2) is 41.3 Å². The molecule has 8 nitrogen and oxygen atoms in total. The quantitative estimate of drug-likeness (QED) is 0.623. The molecule has 1 amide bonds. The number of anilines is 1. The lowest BCUT2D eigenvalue weighted by Gasteiger charge is -2.17. The average molecular weight is 449 g/mol. The standard InChI is InChI=1S/C22H28N2O6S/c1-14(2)17-9-7-8-15(3)21(17)23-20(25)13-30-22(26)16-10-11-18(29-6)19(12-16)31(27,28)24(4)5/h7-12,14H,13H2,1-6H3,(H,23,25). The zero-order valence-corrected chi connectivity index (χ0v) is 19.4. The first kappa shape index (κ1) is 24.4. The van der Waals surface area contributed by atoms with Crippen LogP contribution < -0.4 is 10.1 Å². The van der Waals surface area contributed by atoms with Gasteiger partial charge in [-0.2, -0.15) is 0 Å². The number of esters is 1. The topological polar surface area (TPSA) is 102 Å². The molecule has 0 radical (unpaired) electrons. The zero-order valence-electron chi connectivity index (χ0n) is 18.6. The first-order valence-corrected chi connectivity index (χ1v) is 11.1. The van der Waals surface area contributed by atoms with Crippen LogP contribution in [-0.2, 0) is 19.6 Å². The molecule has 168 valence electrons. The van der Waals surface area contributed by atoms with Crippen LogP contribution in [0.25, 0.3) is 0 Å². The molecule has 0 atom stereocenters. The Bertz CT molecular complexity index is 1080. The molecule has 0 unspecified atom stereocenters. The summed E-state index contributed by atoms with van der Waals surface area (Å²) in [6, 6.07) is 9.66. The van der Waals surface area contributed by atoms with E-state index in [9.17, 15) is 18.0 Å². The summed E-state index contributed by atoms with van der Waals surface area (Å²) in [6.07, 6.45) is 0. The van der Waals surface area contributed by atoms with Crippen molar-refractivity contribution in [3.63, 3.8) is 0 Å². The molecule has 0 saturated heterocycles. The molecule has 31 heavy (non-hydrogen) atoms. The number of hydrogen-bond acceptors (Lipinski definition) is 6. The number of nitrogens with zero attached hydrogens (tertiary/aromatic N) is 1. The van der Waals surface area contributed by atoms with Crippen molar-refractivity contribution in [1.82, 2.24) is 4.31 Å². The Hall–Kier alpha value is -2.91. The van der Waals surface area contributed by atoms with Crippen LogP contribution in [0.1, 0.15) is 41.3 Å². The smallest absolute Gasteiger partial charge is 0.338 e. The fourth-order valence-electron chi connectivity index (χ4n) is 2.93. The number of carbonyl (C=O) groups is 2. The maximum Gasteiger partial charge on any atom is 0.338 e. The summed E-state index contributed by atoms with van der Waals surface area (Å²) in [5.41, 5.74) is 2.57. The highest BCUT2D eigenvalue weighted by atomic mass is 32.2. The number of benzene rings is 2. The minimum Gasteiger partial charge on any atom is -0.495 e. The number of ether oxygens (including phenoxy) is 2. The van der Waals surface area contributed by atoms with Crippen LogP contribution >= 0.6 is 0 Å². The van der Waals surface area contributed by atoms with Gasteiger partial charge in [0.1, 0.15) is 10.6 Å². The Labute approximate surface area is 183 Å². The molecule has 0 bridgehead atoms. The van der Waals surface area contributed by atoms with Gasteiger partial charge < -0.3 is 14.8 Å². The van der Waals surface area contributed by atoms with Gasteiger partial charge >= 0.3 is 5.97 Å². The minimum atomic E-state index is -3.84. The number of para-hydroxylation sites is 1. The molecule has 0 saturated carbocycles. The third-order valence-corrected chi connectivity index (χ3v) is 6.52. The van der Waals surface area contributed by atoms with Gasteiger partial charge in [-0.1, -0.05) is 32.0 Å². The molecule has 0 aromatic heterocycles. The number of rotatable bonds is 8. The van der Waals surface area contributed by atoms with E-state index in [2.05, 4.69) is 5.32 Å². The van der Waals surface area contributed by atoms with E-state index in [-0.39, 0.29) is 22.1 Å². The number of methoxy groups -OCH3 is 1. The summed E-state index contributed by atoms with van der Waals surface area (Å²) >= 11 is 0. The van der Waals surface area contributed by atoms with Gasteiger partial charge in [-0.25, -0.2) is 17.5 Å². The number of carbonyl (C=O) groups excluding carboxylic acids is 2. The second-order valence-electron chi connectivity index (χ2n) is 7.47. The number of nitrogens with one attached hydrogen (secondary N) is 1. The maximum atomic E-state index is 12.5. The highest BCUT2D eigenvalue weighted by molar-refractivity contribution is 7.89. The molecule has 0 spiro atoms. The summed E-state index contributed by atoms with van der Waals surface area (Å²) < 4.78 is 36.2. The van der Waals surface area contributed by atoms with Crippen molar-refractivity contribution >= 4 is 27.6 Å². The Balaban J connectivity index is 2.16. The van der Waals surface area contributed by atoms with Gasteiger partial charge in [-0.05, 0) is 42.2 Å². The number of aryl methyl sites for hydroxylation is 1. The molecule has 0 aliphatic carbocycles. The lowest BCUT2D eigenvalue weighted by Crippen LogP contribution is -2.24. The van der Waals surface area contributed by atoms with Gasteiger partial charge in [0.2, 0.25) is 10.0 Å². The van der Waals surface area contributed by atoms with E-state index in [0.29, 0.717) is 5.69 Å². The van der Waals surface area contributed by atoms with E-state index in [1.165, 1.54) is 39.4 Å². The van der Waals surface area contributed by atoms with E-state index in [0.717, 1.165) is 15.4 Å². The van der Waals surface area contributed by atoms with Crippen molar-refractivity contribution in [3.05, 3.63) is 53.1 Å². The van der Waals surface area contributed by atoms with Crippen LogP contribution in [0.5, 0.6) is 5.75 Å². The number of sulfonamides is 1. The normalized spacial score (nSPS) is 11.5. The second kappa shape index (κ2) is 9.93. The Morgan fingerprint density at radius 3 is 2.39 bits per heavy atom. The molecule has 0 aliphatic heterocycles. The minimum absolute atomic E-state index is 0.00668. The number of hydrogen-bond donors (Lipinski definition) is 1. The van der Waals surface area contributed by atoms with Crippen molar-refractivity contribution in [2.45, 2.75) is 31.6 Å². The summed E-state index contributed by atoms with van der Waals surface area (Å²) in [4.78, 5) is 24.7. The van der Waals surface area contributed by atoms with Crippen LogP contribution in [-0.4, -0.2) is 52.4 Å². The highest BCUT2D eigenvalue weighted by Gasteiger charge is 2.24. The van der Waals surface area contributed by atoms with E-state index in [4.69, 9.17) is 9.47 Å². The third kappa shape index (κ3) is 5.62. The second-order valence-corrected chi connectivity index (χ2v) is 9.59. The fraction of sp³-hybridized carbons (Fsp3) is 0.364. The van der Waals surface area contributed by atoms with E-state index in [1.807, 2.05) is 39.0 Å². The third-order valence-electron chi connectivity index (χ3n) is 4.68. The summed E-state index contributed by atoms with van der Waals surface area (Å²) in [5, 5.41) is 2.80. The summed E-state index contributed by atoms with van der Waals surface area (Å²) in [7, 11) is 0.245. The van der Waals surface area contributed by atoms with Gasteiger partial charge in [-0.3, -0.25) is 4.79 Å². The van der Waals surface area contributed by atoms with Gasteiger partial charge in [0, 0.05) is 19.8 Å². The average Bonchev–Trinajstić information content (AvgIpc) is 2.72. The first-order valence-electron chi connectivity index (χ1n) is 9.66. The highest BCUT2D eigenvalue weighted by Crippen LogP contribution is 2.28. The lowest BCUT2D eigenvalue weighted by atomic mass is 9.98. The molecule has 9 heteroatoms. The molecule has 2 rings (SSSR count). The largest absolute Gasteiger partial charge is 0.495 e. The maximum absolute atomic E-state index is 12.5. The van der Waals surface area contributed by atoms with E-state index < -0.39 is 28.5 Å². The Morgan fingerprint density at radius 2 is 1.81 bits per heavy atom. The predicted molar refractivity (Wildman–Crippen MR) is 118 cm³/mol. The Kier molecular flexibility index (Phi) is 7.80. The van der Waals surface area contributed by atoms with Gasteiger partial charge in [-0.15, -0.1) is 0 Å². The van der Waals surface area contributed by atoms with Crippen LogP contribution in [0.3, 0.4) is 0 Å². The van der Waals surface area contributed by atoms with Crippen LogP contribution in [0.4, 0.5) is 5.69 Å². The van der Waals surface area contributed by atoms with Gasteiger partial charge in [0.25, 0.3) is 5.91 Å². The fourth-order valence-corrected chi connectivity index (χ4v) is 4.01. The van der Waals surface area contributed by atoms with E-state index >= 15 is 0 Å². The van der Waals surface area contributed by atoms with Crippen molar-refractivity contribution in [1.29, 1.82) is 0 Å². The SMILES string of the molecule is COc1ccc(C(=O)OCC(=O)Nc2c(C)cccc2C(C)C)cc1S(=O)(=O)N(C)C. The van der Waals surface area contributed by atoms with Gasteiger partial charge in [0.15, 0.2) is 6.61 Å². The van der Waals surface area contributed by atoms with Crippen LogP contribution in [0, 0.1) is 6.92 Å². The van der Waals surface area contributed by atoms with E-state index in [1.54, 1.807) is 0 Å². The predicted octanol–water partition coefficient (Wildman–Crippen LogP) is 3.17. The molecule has 2 aromatic carbocycles.